The lowest BCUT2D eigenvalue weighted by Gasteiger charge is -2.26. The van der Waals surface area contributed by atoms with Gasteiger partial charge in [-0.1, -0.05) is 18.7 Å². The van der Waals surface area contributed by atoms with E-state index in [-0.39, 0.29) is 5.91 Å². The van der Waals surface area contributed by atoms with E-state index in [1.807, 2.05) is 4.90 Å². The Bertz CT molecular complexity index is 444. The molecule has 1 fully saturated rings. The van der Waals surface area contributed by atoms with Gasteiger partial charge in [-0.2, -0.15) is 0 Å². The summed E-state index contributed by atoms with van der Waals surface area (Å²) in [4.78, 5) is 14.0. The predicted octanol–water partition coefficient (Wildman–Crippen LogP) is 1.20. The van der Waals surface area contributed by atoms with E-state index in [1.54, 1.807) is 0 Å². The van der Waals surface area contributed by atoms with E-state index in [0.29, 0.717) is 32.1 Å². The molecule has 0 radical (unpaired) electrons. The molecule has 7 heteroatoms. The number of rotatable bonds is 6. The highest BCUT2D eigenvalue weighted by Gasteiger charge is 2.18. The summed E-state index contributed by atoms with van der Waals surface area (Å²) in [7, 11) is 0. The minimum absolute atomic E-state index is 0.154. The number of hydrogen-bond donors (Lipinski definition) is 0. The molecular formula is C13H22N4O2S. The second-order valence-electron chi connectivity index (χ2n) is 4.67. The number of carbonyl (C=O) groups is 1. The average Bonchev–Trinajstić information content (AvgIpc) is 2.88. The van der Waals surface area contributed by atoms with Crippen LogP contribution >= 0.6 is 11.8 Å². The van der Waals surface area contributed by atoms with E-state index >= 15 is 0 Å². The van der Waals surface area contributed by atoms with Crippen molar-refractivity contribution in [3.05, 3.63) is 5.82 Å². The largest absolute Gasteiger partial charge is 0.378 e. The number of morpholine rings is 1. The van der Waals surface area contributed by atoms with Crippen LogP contribution in [0.3, 0.4) is 0 Å². The Labute approximate surface area is 123 Å². The van der Waals surface area contributed by atoms with Gasteiger partial charge in [0.25, 0.3) is 0 Å². The summed E-state index contributed by atoms with van der Waals surface area (Å²) >= 11 is 1.48. The van der Waals surface area contributed by atoms with Crippen LogP contribution in [0.4, 0.5) is 0 Å². The zero-order valence-electron chi connectivity index (χ0n) is 12.2. The Hall–Kier alpha value is -1.08. The van der Waals surface area contributed by atoms with Crippen LogP contribution in [-0.2, 0) is 22.5 Å². The second-order valence-corrected chi connectivity index (χ2v) is 5.62. The third kappa shape index (κ3) is 3.73. The van der Waals surface area contributed by atoms with Crippen molar-refractivity contribution in [1.82, 2.24) is 19.7 Å². The molecule has 0 aromatic carbocycles. The van der Waals surface area contributed by atoms with Gasteiger partial charge in [-0.15, -0.1) is 10.2 Å². The van der Waals surface area contributed by atoms with Gasteiger partial charge in [0.05, 0.1) is 19.0 Å². The summed E-state index contributed by atoms with van der Waals surface area (Å²) in [6.45, 7) is 7.72. The summed E-state index contributed by atoms with van der Waals surface area (Å²) in [6.07, 6.45) is 1.98. The highest BCUT2D eigenvalue weighted by Crippen LogP contribution is 2.18. The summed E-state index contributed by atoms with van der Waals surface area (Å²) < 4.78 is 7.35. The van der Waals surface area contributed by atoms with Crippen LogP contribution in [0.25, 0.3) is 0 Å². The van der Waals surface area contributed by atoms with Crippen molar-refractivity contribution in [1.29, 1.82) is 0 Å². The minimum Gasteiger partial charge on any atom is -0.378 e. The Morgan fingerprint density at radius 1 is 1.30 bits per heavy atom. The van der Waals surface area contributed by atoms with Crippen molar-refractivity contribution in [2.75, 3.05) is 32.1 Å². The Balaban J connectivity index is 1.91. The fourth-order valence-electron chi connectivity index (χ4n) is 2.18. The lowest BCUT2D eigenvalue weighted by atomic mass is 10.3. The SMILES string of the molecule is CCCc1nnc(SCC(=O)N2CCOCC2)n1CC. The van der Waals surface area contributed by atoms with Crippen LogP contribution in [-0.4, -0.2) is 57.6 Å². The molecule has 1 aliphatic rings. The van der Waals surface area contributed by atoms with Crippen molar-refractivity contribution in [3.8, 4) is 0 Å². The van der Waals surface area contributed by atoms with Crippen molar-refractivity contribution < 1.29 is 9.53 Å². The first-order valence-corrected chi connectivity index (χ1v) is 8.15. The van der Waals surface area contributed by atoms with Gasteiger partial charge in [-0.3, -0.25) is 4.79 Å². The molecule has 0 bridgehead atoms. The Kier molecular flexibility index (Phi) is 5.85. The van der Waals surface area contributed by atoms with Gasteiger partial charge < -0.3 is 14.2 Å². The van der Waals surface area contributed by atoms with E-state index in [0.717, 1.165) is 30.4 Å². The molecule has 0 atom stereocenters. The maximum absolute atomic E-state index is 12.1. The molecule has 0 saturated carbocycles. The normalized spacial score (nSPS) is 15.6. The van der Waals surface area contributed by atoms with E-state index in [4.69, 9.17) is 4.74 Å². The molecule has 6 nitrogen and oxygen atoms in total. The van der Waals surface area contributed by atoms with Crippen LogP contribution in [0.2, 0.25) is 0 Å². The third-order valence-electron chi connectivity index (χ3n) is 3.27. The number of aromatic nitrogens is 3. The molecule has 1 aliphatic heterocycles. The molecule has 20 heavy (non-hydrogen) atoms. The number of amides is 1. The van der Waals surface area contributed by atoms with Gasteiger partial charge in [-0.05, 0) is 13.3 Å². The Morgan fingerprint density at radius 2 is 2.05 bits per heavy atom. The van der Waals surface area contributed by atoms with Gasteiger partial charge >= 0.3 is 0 Å². The molecule has 0 N–H and O–H groups in total. The van der Waals surface area contributed by atoms with Gasteiger partial charge in [0.1, 0.15) is 5.82 Å². The topological polar surface area (TPSA) is 60.3 Å². The molecule has 2 heterocycles. The van der Waals surface area contributed by atoms with Crippen LogP contribution in [0.5, 0.6) is 0 Å². The Morgan fingerprint density at radius 3 is 2.70 bits per heavy atom. The first-order valence-electron chi connectivity index (χ1n) is 7.16. The fraction of sp³-hybridized carbons (Fsp3) is 0.769. The van der Waals surface area contributed by atoms with Crippen LogP contribution < -0.4 is 0 Å². The maximum atomic E-state index is 12.1. The zero-order valence-corrected chi connectivity index (χ0v) is 13.0. The third-order valence-corrected chi connectivity index (χ3v) is 4.22. The zero-order chi connectivity index (χ0) is 14.4. The fourth-order valence-corrected chi connectivity index (χ4v) is 3.11. The average molecular weight is 298 g/mol. The van der Waals surface area contributed by atoms with E-state index in [2.05, 4.69) is 28.6 Å². The summed E-state index contributed by atoms with van der Waals surface area (Å²) in [5.74, 6) is 1.59. The van der Waals surface area contributed by atoms with Gasteiger partial charge in [-0.25, -0.2) is 0 Å². The van der Waals surface area contributed by atoms with Gasteiger partial charge in [0.15, 0.2) is 5.16 Å². The first kappa shape index (κ1) is 15.3. The number of nitrogens with zero attached hydrogens (tertiary/aromatic N) is 4. The lowest BCUT2D eigenvalue weighted by Crippen LogP contribution is -2.41. The molecule has 0 unspecified atom stereocenters. The minimum atomic E-state index is 0.154. The summed E-state index contributed by atoms with van der Waals surface area (Å²) in [5.41, 5.74) is 0. The van der Waals surface area contributed by atoms with Crippen molar-refractivity contribution in [2.45, 2.75) is 38.4 Å². The summed E-state index contributed by atoms with van der Waals surface area (Å²) in [5, 5.41) is 9.26. The maximum Gasteiger partial charge on any atom is 0.233 e. The number of thioether (sulfide) groups is 1. The van der Waals surface area contributed by atoms with Crippen LogP contribution in [0.15, 0.2) is 5.16 Å². The molecule has 1 aromatic heterocycles. The second kappa shape index (κ2) is 7.64. The van der Waals surface area contributed by atoms with Crippen LogP contribution in [0.1, 0.15) is 26.1 Å². The van der Waals surface area contributed by atoms with E-state index in [1.165, 1.54) is 11.8 Å². The molecular weight excluding hydrogens is 276 g/mol. The number of hydrogen-bond acceptors (Lipinski definition) is 5. The monoisotopic (exact) mass is 298 g/mol. The van der Waals surface area contributed by atoms with Gasteiger partial charge in [0, 0.05) is 26.1 Å². The highest BCUT2D eigenvalue weighted by atomic mass is 32.2. The van der Waals surface area contributed by atoms with Crippen molar-refractivity contribution in [3.63, 3.8) is 0 Å². The standard InChI is InChI=1S/C13H22N4O2S/c1-3-5-11-14-15-13(17(11)4-2)20-10-12(18)16-6-8-19-9-7-16/h3-10H2,1-2H3. The smallest absolute Gasteiger partial charge is 0.233 e. The molecule has 0 aliphatic carbocycles. The molecule has 1 amide bonds. The molecule has 2 rings (SSSR count). The number of ether oxygens (including phenoxy) is 1. The summed E-state index contributed by atoms with van der Waals surface area (Å²) in [6, 6.07) is 0. The molecule has 1 aromatic rings. The molecule has 1 saturated heterocycles. The van der Waals surface area contributed by atoms with Crippen molar-refractivity contribution in [2.24, 2.45) is 0 Å². The molecule has 112 valence electrons. The number of carbonyl (C=O) groups excluding carboxylic acids is 1. The quantitative estimate of drug-likeness (QED) is 0.739. The highest BCUT2D eigenvalue weighted by molar-refractivity contribution is 7.99. The van der Waals surface area contributed by atoms with Gasteiger partial charge in [0.2, 0.25) is 5.91 Å². The van der Waals surface area contributed by atoms with Crippen LogP contribution in [0, 0.1) is 0 Å². The molecule has 0 spiro atoms. The van der Waals surface area contributed by atoms with Crippen molar-refractivity contribution >= 4 is 17.7 Å². The predicted molar refractivity (Wildman–Crippen MR) is 77.8 cm³/mol. The van der Waals surface area contributed by atoms with E-state index in [9.17, 15) is 4.79 Å². The first-order chi connectivity index (χ1) is 9.76. The lowest BCUT2D eigenvalue weighted by molar-refractivity contribution is -0.132. The van der Waals surface area contributed by atoms with E-state index < -0.39 is 0 Å². The number of aryl methyl sites for hydroxylation is 1.